The first-order valence-electron chi connectivity index (χ1n) is 8.67. The van der Waals surface area contributed by atoms with Gasteiger partial charge in [-0.1, -0.05) is 19.1 Å². The Morgan fingerprint density at radius 2 is 1.92 bits per heavy atom. The highest BCUT2D eigenvalue weighted by atomic mass is 127. The highest BCUT2D eigenvalue weighted by Crippen LogP contribution is 2.16. The molecule has 0 aromatic heterocycles. The molecular weight excluding hydrogens is 463 g/mol. The molecule has 0 heterocycles. The number of hydrogen-bond donors (Lipinski definition) is 2. The first kappa shape index (κ1) is 25.1. The molecule has 0 radical (unpaired) electrons. The van der Waals surface area contributed by atoms with Crippen LogP contribution >= 0.6 is 24.0 Å². The average molecular weight is 496 g/mol. The van der Waals surface area contributed by atoms with Crippen molar-refractivity contribution in [2.75, 3.05) is 32.9 Å². The zero-order chi connectivity index (χ0) is 19.0. The van der Waals surface area contributed by atoms with Gasteiger partial charge in [0, 0.05) is 39.0 Å². The fourth-order valence-electron chi connectivity index (χ4n) is 2.74. The number of rotatable bonds is 8. The smallest absolute Gasteiger partial charge is 0.191 e. The van der Waals surface area contributed by atoms with Crippen LogP contribution in [0.5, 0.6) is 0 Å². The lowest BCUT2D eigenvalue weighted by molar-refractivity contribution is 0.237. The lowest BCUT2D eigenvalue weighted by Crippen LogP contribution is -2.42. The van der Waals surface area contributed by atoms with Crippen LogP contribution in [0.15, 0.2) is 28.1 Å². The Morgan fingerprint density at radius 1 is 1.27 bits per heavy atom. The van der Waals surface area contributed by atoms with Gasteiger partial charge in [-0.25, -0.2) is 8.42 Å². The molecule has 0 atom stereocenters. The van der Waals surface area contributed by atoms with Crippen LogP contribution in [-0.4, -0.2) is 58.3 Å². The summed E-state index contributed by atoms with van der Waals surface area (Å²) in [5, 5.41) is 6.57. The summed E-state index contributed by atoms with van der Waals surface area (Å²) < 4.78 is 23.3. The van der Waals surface area contributed by atoms with Crippen LogP contribution in [0.2, 0.25) is 0 Å². The molecule has 1 aromatic rings. The van der Waals surface area contributed by atoms with E-state index in [9.17, 15) is 8.42 Å². The molecule has 0 fully saturated rings. The summed E-state index contributed by atoms with van der Waals surface area (Å²) in [6, 6.07) is 5.92. The van der Waals surface area contributed by atoms with Crippen molar-refractivity contribution in [2.24, 2.45) is 4.99 Å². The van der Waals surface area contributed by atoms with E-state index in [0.717, 1.165) is 36.7 Å². The van der Waals surface area contributed by atoms with Crippen molar-refractivity contribution >= 4 is 39.8 Å². The monoisotopic (exact) mass is 496 g/mol. The van der Waals surface area contributed by atoms with E-state index in [2.05, 4.69) is 41.3 Å². The summed E-state index contributed by atoms with van der Waals surface area (Å²) in [5.41, 5.74) is 1.78. The zero-order valence-corrected chi connectivity index (χ0v) is 19.8. The molecular formula is C18H33IN4O2S. The predicted octanol–water partition coefficient (Wildman–Crippen LogP) is 2.41. The van der Waals surface area contributed by atoms with Gasteiger partial charge < -0.3 is 10.6 Å². The van der Waals surface area contributed by atoms with Crippen molar-refractivity contribution in [1.29, 1.82) is 0 Å². The van der Waals surface area contributed by atoms with Gasteiger partial charge in [-0.3, -0.25) is 9.89 Å². The van der Waals surface area contributed by atoms with Crippen LogP contribution in [0.4, 0.5) is 0 Å². The Hall–Kier alpha value is -0.870. The molecule has 0 amide bonds. The molecule has 0 aliphatic carbocycles. The number of aliphatic imine (C=N–C) groups is 1. The minimum atomic E-state index is -3.18. The van der Waals surface area contributed by atoms with Gasteiger partial charge >= 0.3 is 0 Å². The molecule has 0 bridgehead atoms. The Balaban J connectivity index is 0.00000625. The van der Waals surface area contributed by atoms with Gasteiger partial charge in [0.25, 0.3) is 0 Å². The van der Waals surface area contributed by atoms with Gasteiger partial charge in [0.1, 0.15) is 0 Å². The Bertz CT molecular complexity index is 690. The third kappa shape index (κ3) is 8.22. The quantitative estimate of drug-likeness (QED) is 0.329. The molecule has 2 N–H and O–H groups in total. The molecule has 0 aliphatic heterocycles. The molecule has 1 aromatic carbocycles. The summed E-state index contributed by atoms with van der Waals surface area (Å²) in [4.78, 5) is 6.99. The van der Waals surface area contributed by atoms with Gasteiger partial charge in [-0.15, -0.1) is 24.0 Å². The van der Waals surface area contributed by atoms with Crippen LogP contribution < -0.4 is 10.6 Å². The highest BCUT2D eigenvalue weighted by molar-refractivity contribution is 14.0. The number of hydrogen-bond acceptors (Lipinski definition) is 4. The fraction of sp³-hybridized carbons (Fsp3) is 0.611. The van der Waals surface area contributed by atoms with Crippen LogP contribution in [0.1, 0.15) is 31.9 Å². The lowest BCUT2D eigenvalue weighted by atomic mass is 10.1. The Morgan fingerprint density at radius 3 is 2.38 bits per heavy atom. The number of halogens is 1. The molecule has 8 heteroatoms. The number of likely N-dealkylation sites (N-methyl/N-ethyl adjacent to an activating group) is 1. The minimum absolute atomic E-state index is 0. The first-order chi connectivity index (χ1) is 11.7. The standard InChI is InChI=1S/C18H32N4O2S.HI/c1-7-22(14(2)3)11-10-20-18(19-5)21-13-16-8-9-17(15(4)12-16)25(6,23)24;/h8-9,12,14H,7,10-11,13H2,1-6H3,(H2,19,20,21);1H. The zero-order valence-electron chi connectivity index (χ0n) is 16.7. The second-order valence-electron chi connectivity index (χ2n) is 6.45. The second kappa shape index (κ2) is 11.8. The van der Waals surface area contributed by atoms with Gasteiger partial charge in [0.05, 0.1) is 4.90 Å². The van der Waals surface area contributed by atoms with E-state index in [0.29, 0.717) is 17.5 Å². The van der Waals surface area contributed by atoms with Crippen LogP contribution in [0, 0.1) is 6.92 Å². The van der Waals surface area contributed by atoms with Gasteiger partial charge in [0.15, 0.2) is 15.8 Å². The van der Waals surface area contributed by atoms with Crippen molar-refractivity contribution in [3.63, 3.8) is 0 Å². The molecule has 0 saturated carbocycles. The summed E-state index contributed by atoms with van der Waals surface area (Å²) in [6.45, 7) is 11.8. The van der Waals surface area contributed by atoms with E-state index in [4.69, 9.17) is 0 Å². The largest absolute Gasteiger partial charge is 0.355 e. The molecule has 6 nitrogen and oxygen atoms in total. The number of sulfone groups is 1. The molecule has 0 spiro atoms. The number of guanidine groups is 1. The van der Waals surface area contributed by atoms with Gasteiger partial charge in [-0.2, -0.15) is 0 Å². The summed E-state index contributed by atoms with van der Waals surface area (Å²) in [6.07, 6.45) is 1.23. The third-order valence-corrected chi connectivity index (χ3v) is 5.41. The molecule has 150 valence electrons. The van der Waals surface area contributed by atoms with Crippen molar-refractivity contribution in [2.45, 2.75) is 45.2 Å². The van der Waals surface area contributed by atoms with Crippen molar-refractivity contribution in [3.8, 4) is 0 Å². The second-order valence-corrected chi connectivity index (χ2v) is 8.43. The third-order valence-electron chi connectivity index (χ3n) is 4.15. The number of aryl methyl sites for hydroxylation is 1. The minimum Gasteiger partial charge on any atom is -0.355 e. The average Bonchev–Trinajstić information content (AvgIpc) is 2.52. The van der Waals surface area contributed by atoms with Crippen LogP contribution in [0.25, 0.3) is 0 Å². The van der Waals surface area contributed by atoms with E-state index in [1.165, 1.54) is 6.26 Å². The molecule has 1 rings (SSSR count). The number of nitrogens with zero attached hydrogens (tertiary/aromatic N) is 2. The van der Waals surface area contributed by atoms with E-state index in [1.54, 1.807) is 13.1 Å². The number of nitrogens with one attached hydrogen (secondary N) is 2. The highest BCUT2D eigenvalue weighted by Gasteiger charge is 2.11. The summed E-state index contributed by atoms with van der Waals surface area (Å²) >= 11 is 0. The van der Waals surface area contributed by atoms with E-state index in [1.807, 2.05) is 19.1 Å². The molecule has 0 saturated heterocycles. The van der Waals surface area contributed by atoms with Crippen molar-refractivity contribution in [3.05, 3.63) is 29.3 Å². The SMILES string of the molecule is CCN(CCNC(=NC)NCc1ccc(S(C)(=O)=O)c(C)c1)C(C)C.I. The topological polar surface area (TPSA) is 73.8 Å². The summed E-state index contributed by atoms with van der Waals surface area (Å²) in [7, 11) is -1.43. The Labute approximate surface area is 175 Å². The fourth-order valence-corrected chi connectivity index (χ4v) is 3.70. The first-order valence-corrected chi connectivity index (χ1v) is 10.6. The van der Waals surface area contributed by atoms with Crippen LogP contribution in [0.3, 0.4) is 0 Å². The molecule has 26 heavy (non-hydrogen) atoms. The van der Waals surface area contributed by atoms with E-state index < -0.39 is 9.84 Å². The van der Waals surface area contributed by atoms with Gasteiger partial charge in [-0.05, 0) is 44.5 Å². The summed E-state index contributed by atoms with van der Waals surface area (Å²) in [5.74, 6) is 0.740. The maximum Gasteiger partial charge on any atom is 0.191 e. The van der Waals surface area contributed by atoms with E-state index >= 15 is 0 Å². The van der Waals surface area contributed by atoms with Crippen LogP contribution in [-0.2, 0) is 16.4 Å². The number of benzene rings is 1. The lowest BCUT2D eigenvalue weighted by Gasteiger charge is -2.25. The Kier molecular flexibility index (Phi) is 11.4. The molecule has 0 aliphatic rings. The maximum absolute atomic E-state index is 11.7. The van der Waals surface area contributed by atoms with E-state index in [-0.39, 0.29) is 24.0 Å². The maximum atomic E-state index is 11.7. The predicted molar refractivity (Wildman–Crippen MR) is 120 cm³/mol. The molecule has 0 unspecified atom stereocenters. The van der Waals surface area contributed by atoms with Gasteiger partial charge in [0.2, 0.25) is 0 Å². The van der Waals surface area contributed by atoms with Crippen molar-refractivity contribution < 1.29 is 8.42 Å². The van der Waals surface area contributed by atoms with Crippen molar-refractivity contribution in [1.82, 2.24) is 15.5 Å². The normalized spacial score (nSPS) is 12.2.